The molecule has 5 aromatic rings. The Morgan fingerprint density at radius 3 is 2.43 bits per heavy atom. The number of nitrogens with one attached hydrogen (secondary N) is 2. The number of H-pyrrole nitrogens is 1. The van der Waals surface area contributed by atoms with Gasteiger partial charge in [0, 0.05) is 23.0 Å². The van der Waals surface area contributed by atoms with Gasteiger partial charge in [0.25, 0.3) is 5.91 Å². The number of nitrogens with zero attached hydrogens (tertiary/aromatic N) is 6. The second-order valence-electron chi connectivity index (χ2n) is 9.83. The number of aryl methyl sites for hydroxylation is 1. The number of aromatic amines is 1. The lowest BCUT2D eigenvalue weighted by atomic mass is 10.0. The van der Waals surface area contributed by atoms with E-state index in [9.17, 15) is 19.8 Å². The number of carbonyl (C=O) groups is 2. The van der Waals surface area contributed by atoms with Crippen LogP contribution < -0.4 is 5.32 Å². The lowest BCUT2D eigenvalue weighted by Crippen LogP contribution is -2.48. The molecule has 0 fully saturated rings. The minimum Gasteiger partial charge on any atom is -0.479 e. The third-order valence-corrected chi connectivity index (χ3v) is 6.81. The Labute approximate surface area is 241 Å². The first-order valence-corrected chi connectivity index (χ1v) is 13.5. The standard InChI is InChI=1S/C30H30N8O4/c1-2-8-21-16-26(29(40)32-25(27(39)30(41)42)15-19-9-4-3-5-10-19)35-38(21)18-20-13-14-24(31-17-20)22-11-6-7-12-23(22)28-33-36-37-34-28/h3-7,9-14,16-17,25,27,39H,2,8,15,18H2,1H3,(H,32,40)(H,41,42)(H,33,34,36,37). The van der Waals surface area contributed by atoms with Crippen molar-refractivity contribution in [2.75, 3.05) is 0 Å². The molecule has 12 nitrogen and oxygen atoms in total. The Hall–Kier alpha value is -5.23. The summed E-state index contributed by atoms with van der Waals surface area (Å²) in [7, 11) is 0. The zero-order valence-corrected chi connectivity index (χ0v) is 22.9. The third kappa shape index (κ3) is 6.56. The summed E-state index contributed by atoms with van der Waals surface area (Å²) in [5.74, 6) is -1.42. The number of rotatable bonds is 12. The highest BCUT2D eigenvalue weighted by atomic mass is 16.4. The molecule has 0 aliphatic carbocycles. The molecule has 214 valence electrons. The van der Waals surface area contributed by atoms with Crippen LogP contribution in [-0.4, -0.2) is 69.6 Å². The molecule has 3 heterocycles. The summed E-state index contributed by atoms with van der Waals surface area (Å²) in [5, 5.41) is 41.1. The number of aliphatic carboxylic acids is 1. The van der Waals surface area contributed by atoms with E-state index in [0.29, 0.717) is 18.8 Å². The first-order chi connectivity index (χ1) is 20.4. The van der Waals surface area contributed by atoms with Gasteiger partial charge in [0.05, 0.1) is 18.3 Å². The molecule has 1 amide bonds. The third-order valence-electron chi connectivity index (χ3n) is 6.81. The average molecular weight is 567 g/mol. The molecule has 0 aliphatic heterocycles. The fraction of sp³-hybridized carbons (Fsp3) is 0.233. The number of aliphatic hydroxyl groups is 1. The van der Waals surface area contributed by atoms with Gasteiger partial charge in [-0.2, -0.15) is 5.10 Å². The topological polar surface area (TPSA) is 172 Å². The van der Waals surface area contributed by atoms with Crippen molar-refractivity contribution in [2.45, 2.75) is 44.9 Å². The van der Waals surface area contributed by atoms with Gasteiger partial charge >= 0.3 is 5.97 Å². The van der Waals surface area contributed by atoms with E-state index in [1.165, 1.54) is 0 Å². The van der Waals surface area contributed by atoms with Crippen LogP contribution >= 0.6 is 0 Å². The molecule has 2 aromatic carbocycles. The van der Waals surface area contributed by atoms with Gasteiger partial charge in [0.2, 0.25) is 0 Å². The molecular formula is C30H30N8O4. The van der Waals surface area contributed by atoms with Crippen LogP contribution in [0.1, 0.15) is 40.7 Å². The summed E-state index contributed by atoms with van der Waals surface area (Å²) < 4.78 is 1.75. The van der Waals surface area contributed by atoms with Crippen molar-refractivity contribution in [2.24, 2.45) is 0 Å². The number of pyridine rings is 1. The van der Waals surface area contributed by atoms with Crippen molar-refractivity contribution in [1.82, 2.24) is 40.7 Å². The van der Waals surface area contributed by atoms with Crippen molar-refractivity contribution in [3.8, 4) is 22.6 Å². The summed E-state index contributed by atoms with van der Waals surface area (Å²) in [4.78, 5) is 29.4. The Bertz CT molecular complexity index is 1640. The molecule has 12 heteroatoms. The number of aromatic nitrogens is 7. The fourth-order valence-electron chi connectivity index (χ4n) is 4.72. The number of hydrogen-bond donors (Lipinski definition) is 4. The molecule has 0 radical (unpaired) electrons. The van der Waals surface area contributed by atoms with Crippen LogP contribution in [0.5, 0.6) is 0 Å². The average Bonchev–Trinajstić information content (AvgIpc) is 3.68. The Morgan fingerprint density at radius 1 is 1.00 bits per heavy atom. The molecule has 4 N–H and O–H groups in total. The van der Waals surface area contributed by atoms with Crippen LogP contribution in [0.25, 0.3) is 22.6 Å². The Kier molecular flexibility index (Phi) is 8.73. The molecule has 0 spiro atoms. The van der Waals surface area contributed by atoms with E-state index in [1.807, 2.05) is 73.7 Å². The van der Waals surface area contributed by atoms with Crippen molar-refractivity contribution < 1.29 is 19.8 Å². The lowest BCUT2D eigenvalue weighted by Gasteiger charge is -2.21. The summed E-state index contributed by atoms with van der Waals surface area (Å²) in [6.07, 6.45) is 1.67. The van der Waals surface area contributed by atoms with E-state index >= 15 is 0 Å². The highest BCUT2D eigenvalue weighted by Crippen LogP contribution is 2.28. The van der Waals surface area contributed by atoms with Crippen LogP contribution in [0, 0.1) is 0 Å². The summed E-state index contributed by atoms with van der Waals surface area (Å²) in [6.45, 7) is 2.42. The van der Waals surface area contributed by atoms with Crippen molar-refractivity contribution >= 4 is 11.9 Å². The maximum atomic E-state index is 13.2. The molecule has 0 saturated heterocycles. The number of carbonyl (C=O) groups excluding carboxylic acids is 1. The van der Waals surface area contributed by atoms with Crippen LogP contribution in [0.2, 0.25) is 0 Å². The zero-order chi connectivity index (χ0) is 29.5. The van der Waals surface area contributed by atoms with E-state index in [2.05, 4.69) is 36.0 Å². The molecule has 2 atom stereocenters. The number of carboxylic acid groups (broad SMARTS) is 1. The van der Waals surface area contributed by atoms with Gasteiger partial charge in [0.15, 0.2) is 11.9 Å². The maximum Gasteiger partial charge on any atom is 0.334 e. The van der Waals surface area contributed by atoms with Gasteiger partial charge in [-0.3, -0.25) is 14.5 Å². The van der Waals surface area contributed by atoms with Gasteiger partial charge in [-0.25, -0.2) is 9.89 Å². The molecule has 0 saturated carbocycles. The van der Waals surface area contributed by atoms with Gasteiger partial charge in [-0.15, -0.1) is 5.10 Å². The molecular weight excluding hydrogens is 536 g/mol. The van der Waals surface area contributed by atoms with Crippen LogP contribution in [0.3, 0.4) is 0 Å². The highest BCUT2D eigenvalue weighted by molar-refractivity contribution is 5.93. The second-order valence-corrected chi connectivity index (χ2v) is 9.83. The smallest absolute Gasteiger partial charge is 0.334 e. The van der Waals surface area contributed by atoms with E-state index in [-0.39, 0.29) is 12.1 Å². The van der Waals surface area contributed by atoms with Crippen LogP contribution in [-0.2, 0) is 24.2 Å². The number of carboxylic acids is 1. The number of tetrazole rings is 1. The lowest BCUT2D eigenvalue weighted by molar-refractivity contribution is -0.148. The molecule has 3 aromatic heterocycles. The molecule has 0 aliphatic rings. The van der Waals surface area contributed by atoms with Crippen LogP contribution in [0.15, 0.2) is 79.0 Å². The van der Waals surface area contributed by atoms with Gasteiger partial charge in [-0.05, 0) is 46.5 Å². The Morgan fingerprint density at radius 2 is 1.76 bits per heavy atom. The largest absolute Gasteiger partial charge is 0.479 e. The number of hydrogen-bond acceptors (Lipinski definition) is 8. The minimum absolute atomic E-state index is 0.147. The van der Waals surface area contributed by atoms with E-state index in [1.54, 1.807) is 16.9 Å². The monoisotopic (exact) mass is 566 g/mol. The van der Waals surface area contributed by atoms with Gasteiger partial charge in [0.1, 0.15) is 5.69 Å². The molecule has 5 rings (SSSR count). The molecule has 0 bridgehead atoms. The first-order valence-electron chi connectivity index (χ1n) is 13.5. The SMILES string of the molecule is CCCc1cc(C(=O)NC(Cc2ccccc2)C(O)C(=O)O)nn1Cc1ccc(-c2ccccc2-c2nnn[nH]2)nc1. The number of amides is 1. The van der Waals surface area contributed by atoms with Crippen molar-refractivity contribution in [3.05, 3.63) is 102 Å². The van der Waals surface area contributed by atoms with Gasteiger partial charge in [-0.1, -0.05) is 74.0 Å². The number of benzene rings is 2. The maximum absolute atomic E-state index is 13.2. The predicted octanol–water partition coefficient (Wildman–Crippen LogP) is 2.91. The zero-order valence-electron chi connectivity index (χ0n) is 22.9. The van der Waals surface area contributed by atoms with Gasteiger partial charge < -0.3 is 15.5 Å². The Balaban J connectivity index is 1.34. The molecule has 42 heavy (non-hydrogen) atoms. The quantitative estimate of drug-likeness (QED) is 0.177. The fourth-order valence-corrected chi connectivity index (χ4v) is 4.72. The van der Waals surface area contributed by atoms with E-state index < -0.39 is 24.0 Å². The van der Waals surface area contributed by atoms with Crippen LogP contribution in [0.4, 0.5) is 0 Å². The number of aliphatic hydroxyl groups excluding tert-OH is 1. The summed E-state index contributed by atoms with van der Waals surface area (Å²) in [6, 6.07) is 21.3. The van der Waals surface area contributed by atoms with Crippen molar-refractivity contribution in [1.29, 1.82) is 0 Å². The molecule has 2 unspecified atom stereocenters. The minimum atomic E-state index is -1.78. The van der Waals surface area contributed by atoms with E-state index in [4.69, 9.17) is 0 Å². The highest BCUT2D eigenvalue weighted by Gasteiger charge is 2.29. The van der Waals surface area contributed by atoms with E-state index in [0.717, 1.165) is 40.1 Å². The second kappa shape index (κ2) is 13.0. The first kappa shape index (κ1) is 28.3. The summed E-state index contributed by atoms with van der Waals surface area (Å²) >= 11 is 0. The normalized spacial score (nSPS) is 12.5. The summed E-state index contributed by atoms with van der Waals surface area (Å²) in [5.41, 5.74) is 5.13. The predicted molar refractivity (Wildman–Crippen MR) is 153 cm³/mol. The van der Waals surface area contributed by atoms with Crippen molar-refractivity contribution in [3.63, 3.8) is 0 Å².